The summed E-state index contributed by atoms with van der Waals surface area (Å²) in [6.45, 7) is -0.156. The summed E-state index contributed by atoms with van der Waals surface area (Å²) < 4.78 is 70.3. The maximum Gasteiger partial charge on any atom is 0.435 e. The number of halogens is 4. The van der Waals surface area contributed by atoms with Gasteiger partial charge >= 0.3 is 6.18 Å². The first-order chi connectivity index (χ1) is 15.2. The summed E-state index contributed by atoms with van der Waals surface area (Å²) in [6, 6.07) is 7.22. The number of aromatic nitrogens is 3. The minimum absolute atomic E-state index is 0.102. The molecule has 3 rings (SSSR count). The molecule has 1 aromatic heterocycles. The number of alkyl halides is 3. The van der Waals surface area contributed by atoms with Gasteiger partial charge in [0.1, 0.15) is 5.82 Å². The van der Waals surface area contributed by atoms with E-state index in [4.69, 9.17) is 14.2 Å². The van der Waals surface area contributed by atoms with E-state index in [0.29, 0.717) is 27.5 Å². The van der Waals surface area contributed by atoms with Crippen LogP contribution in [0.15, 0.2) is 36.4 Å². The van der Waals surface area contributed by atoms with Crippen molar-refractivity contribution in [2.24, 2.45) is 0 Å². The monoisotopic (exact) mass is 454 g/mol. The quantitative estimate of drug-likeness (QED) is 0.551. The largest absolute Gasteiger partial charge is 0.493 e. The lowest BCUT2D eigenvalue weighted by atomic mass is 10.1. The summed E-state index contributed by atoms with van der Waals surface area (Å²) in [4.78, 5) is 12.5. The zero-order valence-electron chi connectivity index (χ0n) is 17.2. The Labute approximate surface area is 179 Å². The second-order valence-corrected chi connectivity index (χ2v) is 6.39. The van der Waals surface area contributed by atoms with Crippen molar-refractivity contribution in [3.05, 3.63) is 59.2 Å². The van der Waals surface area contributed by atoms with Gasteiger partial charge in [0.15, 0.2) is 22.9 Å². The SMILES string of the molecule is COc1cc(CNC(=O)c2nnn(-c3ccc(F)cc3)c2C(F)(F)F)cc(OC)c1OC. The van der Waals surface area contributed by atoms with Gasteiger partial charge in [-0.2, -0.15) is 13.2 Å². The van der Waals surface area contributed by atoms with E-state index in [1.165, 1.54) is 21.3 Å². The molecule has 1 heterocycles. The van der Waals surface area contributed by atoms with Crippen LogP contribution in [0.1, 0.15) is 21.7 Å². The van der Waals surface area contributed by atoms with Crippen LogP contribution in [0.25, 0.3) is 5.69 Å². The highest BCUT2D eigenvalue weighted by Crippen LogP contribution is 2.38. The van der Waals surface area contributed by atoms with Gasteiger partial charge in [0.25, 0.3) is 5.91 Å². The Bertz CT molecular complexity index is 1090. The van der Waals surface area contributed by atoms with Gasteiger partial charge in [-0.05, 0) is 42.0 Å². The summed E-state index contributed by atoms with van der Waals surface area (Å²) >= 11 is 0. The van der Waals surface area contributed by atoms with Crippen LogP contribution in [0, 0.1) is 5.82 Å². The number of methoxy groups -OCH3 is 3. The molecule has 0 bridgehead atoms. The van der Waals surface area contributed by atoms with E-state index >= 15 is 0 Å². The molecule has 1 amide bonds. The number of benzene rings is 2. The molecular weight excluding hydrogens is 436 g/mol. The van der Waals surface area contributed by atoms with Gasteiger partial charge in [0.05, 0.1) is 27.0 Å². The number of carbonyl (C=O) groups excluding carboxylic acids is 1. The van der Waals surface area contributed by atoms with Gasteiger partial charge in [-0.25, -0.2) is 9.07 Å². The van der Waals surface area contributed by atoms with Gasteiger partial charge in [0, 0.05) is 6.54 Å². The second kappa shape index (κ2) is 9.12. The number of amides is 1. The first-order valence-electron chi connectivity index (χ1n) is 9.05. The van der Waals surface area contributed by atoms with E-state index in [-0.39, 0.29) is 12.2 Å². The molecule has 0 unspecified atom stereocenters. The lowest BCUT2D eigenvalue weighted by Crippen LogP contribution is -2.27. The Kier molecular flexibility index (Phi) is 6.51. The highest BCUT2D eigenvalue weighted by atomic mass is 19.4. The highest BCUT2D eigenvalue weighted by molar-refractivity contribution is 5.93. The Morgan fingerprint density at radius 1 is 1.03 bits per heavy atom. The molecule has 0 saturated carbocycles. The molecule has 0 aliphatic rings. The fraction of sp³-hybridized carbons (Fsp3) is 0.250. The van der Waals surface area contributed by atoms with Gasteiger partial charge in [0.2, 0.25) is 5.75 Å². The molecule has 0 aliphatic carbocycles. The van der Waals surface area contributed by atoms with Crippen LogP contribution in [-0.4, -0.2) is 42.2 Å². The van der Waals surface area contributed by atoms with Gasteiger partial charge in [-0.1, -0.05) is 5.21 Å². The number of hydrogen-bond donors (Lipinski definition) is 1. The molecule has 0 fully saturated rings. The molecule has 8 nitrogen and oxygen atoms in total. The normalized spacial score (nSPS) is 11.2. The third kappa shape index (κ3) is 4.58. The molecule has 2 aromatic carbocycles. The van der Waals surface area contributed by atoms with Crippen molar-refractivity contribution >= 4 is 5.91 Å². The Hall–Kier alpha value is -3.83. The third-order valence-corrected chi connectivity index (χ3v) is 4.40. The molecule has 0 aliphatic heterocycles. The fourth-order valence-corrected chi connectivity index (χ4v) is 2.96. The van der Waals surface area contributed by atoms with Crippen LogP contribution < -0.4 is 19.5 Å². The van der Waals surface area contributed by atoms with E-state index in [1.54, 1.807) is 12.1 Å². The smallest absolute Gasteiger partial charge is 0.435 e. The summed E-state index contributed by atoms with van der Waals surface area (Å²) in [5.41, 5.74) is -1.93. The van der Waals surface area contributed by atoms with Crippen LogP contribution >= 0.6 is 0 Å². The van der Waals surface area contributed by atoms with Crippen LogP contribution in [0.4, 0.5) is 17.6 Å². The highest BCUT2D eigenvalue weighted by Gasteiger charge is 2.42. The van der Waals surface area contributed by atoms with Gasteiger partial charge in [-0.3, -0.25) is 4.79 Å². The number of nitrogens with one attached hydrogen (secondary N) is 1. The zero-order valence-corrected chi connectivity index (χ0v) is 17.2. The third-order valence-electron chi connectivity index (χ3n) is 4.40. The van der Waals surface area contributed by atoms with Crippen molar-refractivity contribution in [1.82, 2.24) is 20.3 Å². The summed E-state index contributed by atoms with van der Waals surface area (Å²) in [5, 5.41) is 9.22. The van der Waals surface area contributed by atoms with Crippen LogP contribution in [0.3, 0.4) is 0 Å². The zero-order chi connectivity index (χ0) is 23.5. The molecule has 0 saturated heterocycles. The lowest BCUT2D eigenvalue weighted by molar-refractivity contribution is -0.143. The molecular formula is C20H18F4N4O4. The average Bonchev–Trinajstić information content (AvgIpc) is 3.23. The molecule has 1 N–H and O–H groups in total. The first kappa shape index (κ1) is 22.8. The molecule has 170 valence electrons. The minimum Gasteiger partial charge on any atom is -0.493 e. The molecule has 3 aromatic rings. The first-order valence-corrected chi connectivity index (χ1v) is 9.05. The minimum atomic E-state index is -4.95. The number of carbonyl (C=O) groups is 1. The topological polar surface area (TPSA) is 87.5 Å². The predicted molar refractivity (Wildman–Crippen MR) is 104 cm³/mol. The number of rotatable bonds is 7. The Morgan fingerprint density at radius 3 is 2.12 bits per heavy atom. The van der Waals surface area contributed by atoms with Crippen LogP contribution in [-0.2, 0) is 12.7 Å². The van der Waals surface area contributed by atoms with Crippen molar-refractivity contribution < 1.29 is 36.6 Å². The molecule has 0 spiro atoms. The van der Waals surface area contributed by atoms with E-state index < -0.39 is 29.3 Å². The second-order valence-electron chi connectivity index (χ2n) is 6.39. The standard InChI is InChI=1S/C20H18F4N4O4/c1-30-14-8-11(9-15(31-2)17(14)32-3)10-25-19(29)16-18(20(22,23)24)28(27-26-16)13-6-4-12(21)5-7-13/h4-9H,10H2,1-3H3,(H,25,29). The van der Waals surface area contributed by atoms with E-state index in [2.05, 4.69) is 15.6 Å². The maximum atomic E-state index is 13.7. The van der Waals surface area contributed by atoms with E-state index in [9.17, 15) is 22.4 Å². The molecule has 32 heavy (non-hydrogen) atoms. The maximum absolute atomic E-state index is 13.7. The fourth-order valence-electron chi connectivity index (χ4n) is 2.96. The van der Waals surface area contributed by atoms with Crippen molar-refractivity contribution in [2.45, 2.75) is 12.7 Å². The van der Waals surface area contributed by atoms with Crippen molar-refractivity contribution in [2.75, 3.05) is 21.3 Å². The molecule has 12 heteroatoms. The average molecular weight is 454 g/mol. The Balaban J connectivity index is 1.90. The summed E-state index contributed by atoms with van der Waals surface area (Å²) in [6.07, 6.45) is -4.95. The van der Waals surface area contributed by atoms with Crippen LogP contribution in [0.2, 0.25) is 0 Å². The summed E-state index contributed by atoms with van der Waals surface area (Å²) in [7, 11) is 4.23. The lowest BCUT2D eigenvalue weighted by Gasteiger charge is -2.14. The Morgan fingerprint density at radius 2 is 1.62 bits per heavy atom. The van der Waals surface area contributed by atoms with Gasteiger partial charge < -0.3 is 19.5 Å². The molecule has 0 radical (unpaired) electrons. The number of hydrogen-bond acceptors (Lipinski definition) is 6. The number of nitrogens with zero attached hydrogens (tertiary/aromatic N) is 3. The van der Waals surface area contributed by atoms with E-state index in [1.807, 2.05) is 0 Å². The van der Waals surface area contributed by atoms with Crippen LogP contribution in [0.5, 0.6) is 17.2 Å². The van der Waals surface area contributed by atoms with Crippen molar-refractivity contribution in [1.29, 1.82) is 0 Å². The van der Waals surface area contributed by atoms with Crippen molar-refractivity contribution in [3.8, 4) is 22.9 Å². The van der Waals surface area contributed by atoms with Crippen molar-refractivity contribution in [3.63, 3.8) is 0 Å². The van der Waals surface area contributed by atoms with E-state index in [0.717, 1.165) is 24.3 Å². The molecule has 0 atom stereocenters. The number of ether oxygens (including phenoxy) is 3. The summed E-state index contributed by atoms with van der Waals surface area (Å²) in [5.74, 6) is -0.777. The predicted octanol–water partition coefficient (Wildman–Crippen LogP) is 3.38. The van der Waals surface area contributed by atoms with Gasteiger partial charge in [-0.15, -0.1) is 5.10 Å².